The molecule has 2 aliphatic rings. The Bertz CT molecular complexity index is 1230. The maximum atomic E-state index is 14.1. The molecule has 5 heteroatoms. The fourth-order valence-electron chi connectivity index (χ4n) is 4.46. The maximum Gasteiger partial charge on any atom is 0.123 e. The molecule has 0 amide bonds. The molecule has 3 nitrogen and oxygen atoms in total. The van der Waals surface area contributed by atoms with Crippen molar-refractivity contribution in [2.24, 2.45) is 4.99 Å². The van der Waals surface area contributed by atoms with E-state index >= 15 is 0 Å². The lowest BCUT2D eigenvalue weighted by atomic mass is 10.0. The molecule has 2 aliphatic heterocycles. The Hall–Kier alpha value is -2.89. The summed E-state index contributed by atoms with van der Waals surface area (Å²) in [6.07, 6.45) is 8.18. The minimum absolute atomic E-state index is 0.251. The molecule has 0 aromatic heterocycles. The number of halogens is 1. The molecule has 1 fully saturated rings. The number of nitrogens with zero attached hydrogens (tertiary/aromatic N) is 2. The molecule has 0 unspecified atom stereocenters. The Labute approximate surface area is 205 Å². The number of rotatable bonds is 6. The summed E-state index contributed by atoms with van der Waals surface area (Å²) in [7, 11) is 0. The highest BCUT2D eigenvalue weighted by Crippen LogP contribution is 2.42. The summed E-state index contributed by atoms with van der Waals surface area (Å²) in [6.45, 7) is 4.35. The van der Waals surface area contributed by atoms with Gasteiger partial charge in [0.1, 0.15) is 5.82 Å². The van der Waals surface area contributed by atoms with Crippen LogP contribution in [0.1, 0.15) is 55.7 Å². The van der Waals surface area contributed by atoms with Gasteiger partial charge in [-0.15, -0.1) is 0 Å². The van der Waals surface area contributed by atoms with Crippen molar-refractivity contribution in [2.45, 2.75) is 48.8 Å². The normalized spacial score (nSPS) is 16.3. The van der Waals surface area contributed by atoms with Crippen LogP contribution in [0.25, 0.3) is 5.70 Å². The largest absolute Gasteiger partial charge is 0.319 e. The van der Waals surface area contributed by atoms with E-state index in [2.05, 4.69) is 53.8 Å². The number of hydrazine groups is 1. The van der Waals surface area contributed by atoms with Crippen molar-refractivity contribution in [3.63, 3.8) is 0 Å². The smallest absolute Gasteiger partial charge is 0.123 e. The molecule has 174 valence electrons. The topological polar surface area (TPSA) is 27.6 Å². The third kappa shape index (κ3) is 5.11. The molecular formula is C29H30FN3S. The number of benzene rings is 3. The van der Waals surface area contributed by atoms with Crippen LogP contribution < -0.4 is 5.43 Å². The molecule has 34 heavy (non-hydrogen) atoms. The number of nitrogens with one attached hydrogen (secondary N) is 1. The number of allylic oxidation sites excluding steroid dienone is 1. The minimum Gasteiger partial charge on any atom is -0.319 e. The molecule has 1 N–H and O–H groups in total. The summed E-state index contributed by atoms with van der Waals surface area (Å²) in [5, 5.41) is 2.34. The van der Waals surface area contributed by atoms with E-state index in [0.29, 0.717) is 0 Å². The Morgan fingerprint density at radius 3 is 2.68 bits per heavy atom. The Balaban J connectivity index is 1.57. The van der Waals surface area contributed by atoms with Crippen LogP contribution in [-0.4, -0.2) is 23.8 Å². The molecule has 0 radical (unpaired) electrons. The van der Waals surface area contributed by atoms with Crippen molar-refractivity contribution in [2.75, 3.05) is 13.1 Å². The monoisotopic (exact) mass is 471 g/mol. The second-order valence-corrected chi connectivity index (χ2v) is 9.90. The summed E-state index contributed by atoms with van der Waals surface area (Å²) in [5.41, 5.74) is 9.50. The molecule has 0 aliphatic carbocycles. The SMILES string of the molecule is CCCC=C(NN1CCCCC1)c1ccc2c(c1)N=C(c1cccc(F)c1)c1ccccc1S2. The van der Waals surface area contributed by atoms with Crippen LogP contribution in [0.4, 0.5) is 10.1 Å². The van der Waals surface area contributed by atoms with E-state index < -0.39 is 0 Å². The quantitative estimate of drug-likeness (QED) is 0.314. The van der Waals surface area contributed by atoms with Gasteiger partial charge in [0.05, 0.1) is 17.1 Å². The molecule has 2 heterocycles. The predicted molar refractivity (Wildman–Crippen MR) is 140 cm³/mol. The first kappa shape index (κ1) is 22.9. The molecule has 0 saturated carbocycles. The Kier molecular flexibility index (Phi) is 7.12. The van der Waals surface area contributed by atoms with Gasteiger partial charge in [0, 0.05) is 39.6 Å². The maximum absolute atomic E-state index is 14.1. The lowest BCUT2D eigenvalue weighted by Gasteiger charge is -2.29. The molecule has 3 aromatic rings. The highest BCUT2D eigenvalue weighted by atomic mass is 32.2. The van der Waals surface area contributed by atoms with E-state index in [1.165, 1.54) is 25.3 Å². The van der Waals surface area contributed by atoms with Gasteiger partial charge in [0.25, 0.3) is 0 Å². The van der Waals surface area contributed by atoms with Crippen LogP contribution >= 0.6 is 11.8 Å². The van der Waals surface area contributed by atoms with Gasteiger partial charge < -0.3 is 5.43 Å². The fraction of sp³-hybridized carbons (Fsp3) is 0.276. The fourth-order valence-corrected chi connectivity index (χ4v) is 5.46. The standard InChI is InChI=1S/C29H30FN3S/c1-2-3-13-25(32-33-17-7-4-8-18-33)21-15-16-28-26(20-21)31-29(22-10-9-11-23(30)19-22)24-12-5-6-14-27(24)34-28/h5-6,9-16,19-20,32H,2-4,7-8,17-18H2,1H3. The third-order valence-electron chi connectivity index (χ3n) is 6.23. The van der Waals surface area contributed by atoms with Gasteiger partial charge in [-0.25, -0.2) is 14.4 Å². The van der Waals surface area contributed by atoms with Crippen LogP contribution in [-0.2, 0) is 0 Å². The van der Waals surface area contributed by atoms with Gasteiger partial charge in [-0.1, -0.05) is 74.0 Å². The van der Waals surface area contributed by atoms with Crippen LogP contribution in [0.3, 0.4) is 0 Å². The molecule has 0 atom stereocenters. The second-order valence-electron chi connectivity index (χ2n) is 8.82. The Morgan fingerprint density at radius 1 is 1.00 bits per heavy atom. The summed E-state index contributed by atoms with van der Waals surface area (Å²) in [6, 6.07) is 21.5. The first-order valence-electron chi connectivity index (χ1n) is 12.2. The van der Waals surface area contributed by atoms with Crippen molar-refractivity contribution in [3.8, 4) is 0 Å². The Morgan fingerprint density at radius 2 is 1.85 bits per heavy atom. The molecule has 1 saturated heterocycles. The van der Waals surface area contributed by atoms with Gasteiger partial charge in [0.2, 0.25) is 0 Å². The highest BCUT2D eigenvalue weighted by Gasteiger charge is 2.20. The van der Waals surface area contributed by atoms with E-state index in [9.17, 15) is 4.39 Å². The van der Waals surface area contributed by atoms with E-state index in [1.54, 1.807) is 23.9 Å². The molecule has 5 rings (SSSR count). The molecular weight excluding hydrogens is 441 g/mol. The zero-order valence-corrected chi connectivity index (χ0v) is 20.4. The third-order valence-corrected chi connectivity index (χ3v) is 7.38. The average molecular weight is 472 g/mol. The lowest BCUT2D eigenvalue weighted by Crippen LogP contribution is -2.40. The number of unbranched alkanes of at least 4 members (excludes halogenated alkanes) is 1. The number of hydrogen-bond donors (Lipinski definition) is 1. The van der Waals surface area contributed by atoms with E-state index in [4.69, 9.17) is 4.99 Å². The van der Waals surface area contributed by atoms with Gasteiger partial charge in [-0.3, -0.25) is 0 Å². The van der Waals surface area contributed by atoms with Gasteiger partial charge in [-0.05, 0) is 49.6 Å². The summed E-state index contributed by atoms with van der Waals surface area (Å²) in [5.74, 6) is -0.251. The van der Waals surface area contributed by atoms with Crippen LogP contribution in [0.15, 0.2) is 87.6 Å². The van der Waals surface area contributed by atoms with E-state index in [0.717, 1.165) is 69.5 Å². The van der Waals surface area contributed by atoms with E-state index in [-0.39, 0.29) is 5.82 Å². The number of aliphatic imine (C=N–C) groups is 1. The second kappa shape index (κ2) is 10.6. The zero-order chi connectivity index (χ0) is 23.3. The highest BCUT2D eigenvalue weighted by molar-refractivity contribution is 7.99. The number of fused-ring (bicyclic) bond motifs is 2. The molecule has 3 aromatic carbocycles. The summed E-state index contributed by atoms with van der Waals surface area (Å²) < 4.78 is 14.1. The summed E-state index contributed by atoms with van der Waals surface area (Å²) >= 11 is 1.72. The van der Waals surface area contributed by atoms with Crippen molar-refractivity contribution >= 4 is 28.9 Å². The van der Waals surface area contributed by atoms with Gasteiger partial charge in [-0.2, -0.15) is 0 Å². The van der Waals surface area contributed by atoms with E-state index in [1.807, 2.05) is 18.2 Å². The van der Waals surface area contributed by atoms with Crippen molar-refractivity contribution < 1.29 is 4.39 Å². The first-order chi connectivity index (χ1) is 16.7. The minimum atomic E-state index is -0.251. The first-order valence-corrected chi connectivity index (χ1v) is 13.0. The summed E-state index contributed by atoms with van der Waals surface area (Å²) in [4.78, 5) is 7.36. The van der Waals surface area contributed by atoms with Gasteiger partial charge >= 0.3 is 0 Å². The molecule has 0 spiro atoms. The van der Waals surface area contributed by atoms with Gasteiger partial charge in [0.15, 0.2) is 0 Å². The number of hydrogen-bond acceptors (Lipinski definition) is 4. The average Bonchev–Trinajstić information content (AvgIpc) is 3.03. The number of piperidine rings is 1. The lowest BCUT2D eigenvalue weighted by molar-refractivity contribution is 0.189. The zero-order valence-electron chi connectivity index (χ0n) is 19.6. The van der Waals surface area contributed by atoms with Crippen LogP contribution in [0.2, 0.25) is 0 Å². The molecule has 0 bridgehead atoms. The van der Waals surface area contributed by atoms with Crippen LogP contribution in [0, 0.1) is 5.82 Å². The van der Waals surface area contributed by atoms with Crippen molar-refractivity contribution in [1.82, 2.24) is 10.4 Å². The van der Waals surface area contributed by atoms with Crippen LogP contribution in [0.5, 0.6) is 0 Å². The predicted octanol–water partition coefficient (Wildman–Crippen LogP) is 7.59. The van der Waals surface area contributed by atoms with Crippen molar-refractivity contribution in [3.05, 3.63) is 95.3 Å². The van der Waals surface area contributed by atoms with Crippen molar-refractivity contribution in [1.29, 1.82) is 0 Å².